The van der Waals surface area contributed by atoms with Crippen LogP contribution in [-0.4, -0.2) is 113 Å². The van der Waals surface area contributed by atoms with Crippen LogP contribution >= 0.6 is 23.1 Å². The number of fused-ring (bicyclic) bond motifs is 2. The van der Waals surface area contributed by atoms with Crippen LogP contribution in [0.25, 0.3) is 10.9 Å². The van der Waals surface area contributed by atoms with E-state index in [0.717, 1.165) is 24.2 Å². The highest BCUT2D eigenvalue weighted by atomic mass is 32.2. The quantitative estimate of drug-likeness (QED) is 0.0466. The van der Waals surface area contributed by atoms with Crippen molar-refractivity contribution in [2.45, 2.75) is 62.4 Å². The van der Waals surface area contributed by atoms with Crippen molar-refractivity contribution < 1.29 is 48.6 Å². The molecule has 17 nitrogen and oxygen atoms in total. The number of nitrogens with two attached hydrogens (primary N) is 1. The van der Waals surface area contributed by atoms with Crippen molar-refractivity contribution in [1.29, 1.82) is 0 Å². The summed E-state index contributed by atoms with van der Waals surface area (Å²) in [5.41, 5.74) is 5.07. The van der Waals surface area contributed by atoms with Gasteiger partial charge in [0, 0.05) is 48.4 Å². The lowest BCUT2D eigenvalue weighted by atomic mass is 9.99. The van der Waals surface area contributed by atoms with Crippen LogP contribution in [0.5, 0.6) is 11.5 Å². The van der Waals surface area contributed by atoms with Gasteiger partial charge in [0.05, 0.1) is 36.7 Å². The lowest BCUT2D eigenvalue weighted by Crippen LogP contribution is -2.72. The van der Waals surface area contributed by atoms with Crippen LogP contribution in [0.3, 0.4) is 0 Å². The number of carboxylic acid groups (broad SMARTS) is 1. The minimum absolute atomic E-state index is 0.0211. The zero-order valence-electron chi connectivity index (χ0n) is 29.6. The number of quaternary nitrogens is 1. The number of carboxylic acids is 1. The number of β-lactam (4-membered cyclic amide) rings is 1. The fourth-order valence-electron chi connectivity index (χ4n) is 6.94. The molecular weight excluding hydrogens is 731 g/mol. The van der Waals surface area contributed by atoms with Crippen LogP contribution in [-0.2, 0) is 42.3 Å². The number of aromatic hydroxyl groups is 2. The molecule has 6 rings (SSSR count). The lowest BCUT2D eigenvalue weighted by molar-refractivity contribution is -0.925. The first-order valence-electron chi connectivity index (χ1n) is 16.7. The van der Waals surface area contributed by atoms with E-state index in [0.29, 0.717) is 47.3 Å². The number of anilines is 1. The van der Waals surface area contributed by atoms with Crippen molar-refractivity contribution in [3.63, 3.8) is 0 Å². The Morgan fingerprint density at radius 1 is 1.15 bits per heavy atom. The number of carbonyl (C=O) groups excluding carboxylic acids is 3. The third-order valence-corrected chi connectivity index (χ3v) is 12.0. The Morgan fingerprint density at radius 2 is 1.83 bits per heavy atom. The van der Waals surface area contributed by atoms with E-state index in [4.69, 9.17) is 15.3 Å². The fraction of sp³-hybridized carbons (Fsp3) is 0.441. The van der Waals surface area contributed by atoms with E-state index in [-0.39, 0.29) is 44.0 Å². The summed E-state index contributed by atoms with van der Waals surface area (Å²) in [6.45, 7) is 6.49. The first-order chi connectivity index (χ1) is 25.0. The predicted octanol–water partition coefficient (Wildman–Crippen LogP) is 1.60. The van der Waals surface area contributed by atoms with E-state index in [1.165, 1.54) is 55.1 Å². The van der Waals surface area contributed by atoms with Gasteiger partial charge in [0.1, 0.15) is 35.9 Å². The maximum absolute atomic E-state index is 13.8. The molecule has 282 valence electrons. The predicted molar refractivity (Wildman–Crippen MR) is 195 cm³/mol. The van der Waals surface area contributed by atoms with Crippen molar-refractivity contribution in [2.24, 2.45) is 12.2 Å². The van der Waals surface area contributed by atoms with Crippen molar-refractivity contribution in [3.05, 3.63) is 56.5 Å². The molecule has 3 unspecified atom stereocenters. The average molecular weight is 771 g/mol. The number of nitrogens with zero attached hydrogens (tertiary/aromatic N) is 5. The van der Waals surface area contributed by atoms with Gasteiger partial charge in [0.15, 0.2) is 27.8 Å². The minimum atomic E-state index is -1.79. The third kappa shape index (κ3) is 6.91. The molecule has 0 radical (unpaired) electrons. The summed E-state index contributed by atoms with van der Waals surface area (Å²) in [5.74, 6) is -4.19. The first kappa shape index (κ1) is 37.6. The number of esters is 1. The number of phenols is 2. The number of methoxy groups -OCH3 is 1. The molecule has 3 aromatic rings. The molecule has 19 heteroatoms. The van der Waals surface area contributed by atoms with E-state index in [2.05, 4.69) is 15.5 Å². The van der Waals surface area contributed by atoms with E-state index in [1.54, 1.807) is 17.8 Å². The van der Waals surface area contributed by atoms with Gasteiger partial charge in [0.25, 0.3) is 11.8 Å². The number of aryl methyl sites for hydroxylation is 1. The minimum Gasteiger partial charge on any atom is -0.504 e. The molecule has 0 bridgehead atoms. The van der Waals surface area contributed by atoms with Gasteiger partial charge in [-0.25, -0.2) is 14.6 Å². The Hall–Kier alpha value is -5.14. The fourth-order valence-corrected chi connectivity index (χ4v) is 8.93. The molecule has 2 amide bonds. The molecule has 3 atom stereocenters. The topological polar surface area (TPSA) is 236 Å². The van der Waals surface area contributed by atoms with E-state index in [9.17, 15) is 39.3 Å². The molecule has 0 aliphatic carbocycles. The number of thiazole rings is 1. The second-order valence-corrected chi connectivity index (χ2v) is 16.2. The molecule has 2 aromatic heterocycles. The number of aromatic nitrogens is 2. The molecule has 0 spiro atoms. The van der Waals surface area contributed by atoms with Gasteiger partial charge < -0.3 is 45.0 Å². The SMILES string of the molecule is COC(=O)C1=C(C[N+]2(Cc3cn(C)c4cc(O)c(O)cc4c3=O)CCCC2)C(C)SC2C(NC(=O)C(=NOC(C)(C)C(=O)O)c3csc(N)n3)C(=O)N12. The molecule has 53 heavy (non-hydrogen) atoms. The number of rotatable bonds is 11. The number of ether oxygens (including phenoxy) is 1. The van der Waals surface area contributed by atoms with Crippen molar-refractivity contribution in [3.8, 4) is 11.5 Å². The largest absolute Gasteiger partial charge is 0.504 e. The summed E-state index contributed by atoms with van der Waals surface area (Å²) in [5, 5.41) is 36.9. The first-order valence-corrected chi connectivity index (χ1v) is 18.5. The number of pyridine rings is 1. The Morgan fingerprint density at radius 3 is 2.45 bits per heavy atom. The maximum Gasteiger partial charge on any atom is 0.355 e. The zero-order valence-corrected chi connectivity index (χ0v) is 31.2. The number of nitrogen functional groups attached to an aromatic ring is 1. The number of carbonyl (C=O) groups is 4. The zero-order chi connectivity index (χ0) is 38.6. The molecule has 2 saturated heterocycles. The van der Waals surface area contributed by atoms with Crippen LogP contribution in [0.2, 0.25) is 0 Å². The van der Waals surface area contributed by atoms with Crippen molar-refractivity contribution >= 4 is 68.6 Å². The van der Waals surface area contributed by atoms with Crippen LogP contribution in [0.15, 0.2) is 44.9 Å². The highest BCUT2D eigenvalue weighted by Crippen LogP contribution is 2.45. The standard InChI is InChI=1S/C34H39N7O10S2/c1-16-19(14-41(8-6-7-9-41)13-17-12-39(4)21-11-23(43)22(42)10-18(21)27(17)44)26(31(47)50-5)40-29(46)25(30(40)53-16)37-28(45)24(20-15-52-33(35)36-20)38-51-34(2,3)32(48)49/h10-12,15-16,25,30H,6-9,13-14H2,1-5H3,(H5-,35,36,37,38,42,43,44,45,48,49)/p+1. The van der Waals surface area contributed by atoms with Crippen molar-refractivity contribution in [2.75, 3.05) is 32.5 Å². The molecular formula is C34H40N7O10S2+. The molecule has 3 aliphatic rings. The molecule has 5 heterocycles. The molecule has 3 aliphatic heterocycles. The average Bonchev–Trinajstić information content (AvgIpc) is 3.76. The van der Waals surface area contributed by atoms with Gasteiger partial charge in [-0.05, 0) is 26.8 Å². The normalized spacial score (nSPS) is 21.3. The summed E-state index contributed by atoms with van der Waals surface area (Å²) in [6.07, 6.45) is 3.49. The van der Waals surface area contributed by atoms with E-state index >= 15 is 0 Å². The summed E-state index contributed by atoms with van der Waals surface area (Å²) in [6, 6.07) is 1.52. The lowest BCUT2D eigenvalue weighted by Gasteiger charge is -2.51. The Kier molecular flexibility index (Phi) is 9.95. The maximum atomic E-state index is 13.8. The summed E-state index contributed by atoms with van der Waals surface area (Å²) < 4.78 is 7.35. The molecule has 0 saturated carbocycles. The second kappa shape index (κ2) is 14.0. The van der Waals surface area contributed by atoms with Gasteiger partial charge in [0.2, 0.25) is 5.60 Å². The summed E-state index contributed by atoms with van der Waals surface area (Å²) in [7, 11) is 2.98. The summed E-state index contributed by atoms with van der Waals surface area (Å²) >= 11 is 2.40. The van der Waals surface area contributed by atoms with Gasteiger partial charge in [-0.2, -0.15) is 0 Å². The number of benzene rings is 1. The molecule has 1 aromatic carbocycles. The van der Waals surface area contributed by atoms with Crippen LogP contribution < -0.4 is 16.5 Å². The van der Waals surface area contributed by atoms with Crippen LogP contribution in [0.1, 0.15) is 44.9 Å². The smallest absolute Gasteiger partial charge is 0.355 e. The Bertz CT molecular complexity index is 2150. The van der Waals surface area contributed by atoms with E-state index < -0.39 is 46.5 Å². The number of hydrogen-bond acceptors (Lipinski definition) is 14. The van der Waals surface area contributed by atoms with Crippen LogP contribution in [0.4, 0.5) is 5.13 Å². The number of likely N-dealkylation sites (tertiary alicyclic amines) is 1. The number of hydrogen-bond donors (Lipinski definition) is 5. The highest BCUT2D eigenvalue weighted by molar-refractivity contribution is 8.00. The Balaban J connectivity index is 1.30. The number of phenolic OH excluding ortho intramolecular Hbond substituents is 2. The van der Waals surface area contributed by atoms with Gasteiger partial charge in [-0.3, -0.25) is 19.3 Å². The van der Waals surface area contributed by atoms with Gasteiger partial charge in [-0.1, -0.05) is 5.16 Å². The van der Waals surface area contributed by atoms with Gasteiger partial charge in [-0.15, -0.1) is 23.1 Å². The molecule has 6 N–H and O–H groups in total. The molecule has 2 fully saturated rings. The van der Waals surface area contributed by atoms with Crippen LogP contribution in [0, 0.1) is 0 Å². The number of oxime groups is 1. The van der Waals surface area contributed by atoms with E-state index in [1.807, 2.05) is 6.92 Å². The number of aliphatic carboxylic acids is 1. The number of amides is 2. The number of thioether (sulfide) groups is 1. The monoisotopic (exact) mass is 770 g/mol. The number of nitrogens with one attached hydrogen (secondary N) is 1. The third-order valence-electron chi connectivity index (χ3n) is 9.83. The summed E-state index contributed by atoms with van der Waals surface area (Å²) in [4.78, 5) is 76.9. The Labute approximate surface area is 311 Å². The highest BCUT2D eigenvalue weighted by Gasteiger charge is 2.57. The van der Waals surface area contributed by atoms with Crippen molar-refractivity contribution in [1.82, 2.24) is 19.8 Å². The second-order valence-electron chi connectivity index (χ2n) is 13.9. The van der Waals surface area contributed by atoms with Gasteiger partial charge >= 0.3 is 11.9 Å².